The zero-order valence-electron chi connectivity index (χ0n) is 20.6. The molecule has 1 aromatic carbocycles. The normalized spacial score (nSPS) is 12.3. The van der Waals surface area contributed by atoms with Crippen LogP contribution in [0.5, 0.6) is 11.5 Å². The Bertz CT molecular complexity index is 1340. The van der Waals surface area contributed by atoms with Crippen LogP contribution in [0.25, 0.3) is 17.3 Å². The van der Waals surface area contributed by atoms with E-state index in [1.165, 1.54) is 6.33 Å². The SMILES string of the molecule is COc1ccc(C(C)NC(=O)c2cn(-c3ncccc3-c3nc(C(C)(C)C)no3)cn2)cc1OC. The molecule has 0 bridgehead atoms. The minimum atomic E-state index is -0.323. The summed E-state index contributed by atoms with van der Waals surface area (Å²) in [5.41, 5.74) is 1.50. The van der Waals surface area contributed by atoms with E-state index in [9.17, 15) is 4.79 Å². The number of aromatic nitrogens is 5. The van der Waals surface area contributed by atoms with Crippen molar-refractivity contribution in [2.24, 2.45) is 0 Å². The third-order valence-electron chi connectivity index (χ3n) is 5.43. The van der Waals surface area contributed by atoms with Gasteiger partial charge in [0, 0.05) is 17.8 Å². The van der Waals surface area contributed by atoms with E-state index in [0.717, 1.165) is 5.56 Å². The lowest BCUT2D eigenvalue weighted by atomic mass is 9.96. The van der Waals surface area contributed by atoms with Crippen molar-refractivity contribution in [3.05, 3.63) is 66.1 Å². The molecule has 0 aliphatic carbocycles. The number of carbonyl (C=O) groups excluding carboxylic acids is 1. The van der Waals surface area contributed by atoms with Crippen molar-refractivity contribution >= 4 is 5.91 Å². The molecule has 3 heterocycles. The number of carbonyl (C=O) groups is 1. The highest BCUT2D eigenvalue weighted by Gasteiger charge is 2.24. The second-order valence-electron chi connectivity index (χ2n) is 9.02. The fourth-order valence-corrected chi connectivity index (χ4v) is 3.44. The standard InChI is InChI=1S/C25H28N6O4/c1-15(16-9-10-19(33-5)20(12-16)34-6)28-22(32)18-13-31(14-27-18)21-17(8-7-11-26-21)23-29-24(30-35-23)25(2,3)4/h7-15H,1-6H3,(H,28,32). The summed E-state index contributed by atoms with van der Waals surface area (Å²) in [5.74, 6) is 2.36. The van der Waals surface area contributed by atoms with Gasteiger partial charge in [-0.15, -0.1) is 0 Å². The summed E-state index contributed by atoms with van der Waals surface area (Å²) in [4.78, 5) is 26.2. The number of rotatable bonds is 7. The number of hydrogen-bond donors (Lipinski definition) is 1. The minimum Gasteiger partial charge on any atom is -0.493 e. The summed E-state index contributed by atoms with van der Waals surface area (Å²) >= 11 is 0. The van der Waals surface area contributed by atoms with Crippen LogP contribution in [0.4, 0.5) is 0 Å². The van der Waals surface area contributed by atoms with E-state index in [1.54, 1.807) is 43.3 Å². The maximum Gasteiger partial charge on any atom is 0.271 e. The van der Waals surface area contributed by atoms with E-state index >= 15 is 0 Å². The summed E-state index contributed by atoms with van der Waals surface area (Å²) in [6, 6.07) is 8.85. The number of hydrogen-bond acceptors (Lipinski definition) is 8. The average Bonchev–Trinajstić information content (AvgIpc) is 3.54. The molecule has 10 nitrogen and oxygen atoms in total. The molecule has 0 saturated carbocycles. The number of imidazole rings is 1. The van der Waals surface area contributed by atoms with Crippen molar-refractivity contribution in [1.82, 2.24) is 30.0 Å². The predicted molar refractivity (Wildman–Crippen MR) is 129 cm³/mol. The van der Waals surface area contributed by atoms with Gasteiger partial charge in [0.2, 0.25) is 0 Å². The van der Waals surface area contributed by atoms with Crippen LogP contribution in [0, 0.1) is 0 Å². The number of amides is 1. The molecular formula is C25H28N6O4. The van der Waals surface area contributed by atoms with Gasteiger partial charge in [-0.05, 0) is 36.8 Å². The lowest BCUT2D eigenvalue weighted by molar-refractivity contribution is 0.0935. The Morgan fingerprint density at radius 2 is 1.89 bits per heavy atom. The maximum atomic E-state index is 12.9. The Balaban J connectivity index is 1.55. The first kappa shape index (κ1) is 23.9. The number of ether oxygens (including phenoxy) is 2. The maximum absolute atomic E-state index is 12.9. The van der Waals surface area contributed by atoms with E-state index in [2.05, 4.69) is 25.4 Å². The molecule has 10 heteroatoms. The number of pyridine rings is 1. The third kappa shape index (κ3) is 5.01. The molecule has 35 heavy (non-hydrogen) atoms. The Hall–Kier alpha value is -4.21. The highest BCUT2D eigenvalue weighted by atomic mass is 16.5. The van der Waals surface area contributed by atoms with Gasteiger partial charge in [-0.1, -0.05) is 32.0 Å². The van der Waals surface area contributed by atoms with Crippen LogP contribution in [-0.4, -0.2) is 44.8 Å². The van der Waals surface area contributed by atoms with Gasteiger partial charge in [0.25, 0.3) is 11.8 Å². The first-order valence-electron chi connectivity index (χ1n) is 11.1. The molecule has 3 aromatic heterocycles. The Labute approximate surface area is 203 Å². The summed E-state index contributed by atoms with van der Waals surface area (Å²) in [6.07, 6.45) is 4.80. The Kier molecular flexibility index (Phi) is 6.54. The van der Waals surface area contributed by atoms with Crippen LogP contribution in [0.15, 0.2) is 53.6 Å². The monoisotopic (exact) mass is 476 g/mol. The first-order valence-corrected chi connectivity index (χ1v) is 11.1. The number of nitrogens with one attached hydrogen (secondary N) is 1. The van der Waals surface area contributed by atoms with Crippen LogP contribution in [0.2, 0.25) is 0 Å². The summed E-state index contributed by atoms with van der Waals surface area (Å²) in [7, 11) is 3.15. The van der Waals surface area contributed by atoms with E-state index in [1.807, 2.05) is 45.9 Å². The summed E-state index contributed by atoms with van der Waals surface area (Å²) in [6.45, 7) is 7.91. The van der Waals surface area contributed by atoms with E-state index in [0.29, 0.717) is 34.6 Å². The fourth-order valence-electron chi connectivity index (χ4n) is 3.44. The van der Waals surface area contributed by atoms with Gasteiger partial charge in [0.05, 0.1) is 25.8 Å². The van der Waals surface area contributed by atoms with Crippen LogP contribution in [0.3, 0.4) is 0 Å². The molecule has 182 valence electrons. The van der Waals surface area contributed by atoms with Gasteiger partial charge in [-0.25, -0.2) is 9.97 Å². The first-order chi connectivity index (χ1) is 16.7. The minimum absolute atomic E-state index is 0.245. The number of benzene rings is 1. The van der Waals surface area contributed by atoms with E-state index in [-0.39, 0.29) is 23.1 Å². The second-order valence-corrected chi connectivity index (χ2v) is 9.02. The number of methoxy groups -OCH3 is 2. The molecule has 4 rings (SSSR count). The van der Waals surface area contributed by atoms with E-state index in [4.69, 9.17) is 14.0 Å². The van der Waals surface area contributed by atoms with Crippen molar-refractivity contribution in [3.8, 4) is 28.8 Å². The highest BCUT2D eigenvalue weighted by Crippen LogP contribution is 2.30. The quantitative estimate of drug-likeness (QED) is 0.423. The largest absolute Gasteiger partial charge is 0.493 e. The summed E-state index contributed by atoms with van der Waals surface area (Å²) < 4.78 is 17.8. The molecule has 1 atom stereocenters. The molecule has 1 N–H and O–H groups in total. The highest BCUT2D eigenvalue weighted by molar-refractivity contribution is 5.92. The predicted octanol–water partition coefficient (Wildman–Crippen LogP) is 4.12. The van der Waals surface area contributed by atoms with Gasteiger partial charge in [-0.2, -0.15) is 4.98 Å². The van der Waals surface area contributed by atoms with Gasteiger partial charge >= 0.3 is 0 Å². The molecule has 0 saturated heterocycles. The van der Waals surface area contributed by atoms with Gasteiger partial charge in [0.15, 0.2) is 23.1 Å². The Morgan fingerprint density at radius 3 is 2.57 bits per heavy atom. The smallest absolute Gasteiger partial charge is 0.271 e. The molecule has 1 unspecified atom stereocenters. The van der Waals surface area contributed by atoms with E-state index < -0.39 is 0 Å². The molecule has 0 aliphatic rings. The lowest BCUT2D eigenvalue weighted by Gasteiger charge is -2.16. The zero-order chi connectivity index (χ0) is 25.2. The summed E-state index contributed by atoms with van der Waals surface area (Å²) in [5, 5.41) is 7.06. The van der Waals surface area contributed by atoms with Crippen molar-refractivity contribution in [2.75, 3.05) is 14.2 Å². The van der Waals surface area contributed by atoms with Crippen LogP contribution in [-0.2, 0) is 5.41 Å². The van der Waals surface area contributed by atoms with Crippen LogP contribution >= 0.6 is 0 Å². The van der Waals surface area contributed by atoms with Crippen LogP contribution < -0.4 is 14.8 Å². The van der Waals surface area contributed by atoms with Gasteiger partial charge in [-0.3, -0.25) is 9.36 Å². The molecule has 0 fully saturated rings. The second kappa shape index (κ2) is 9.57. The Morgan fingerprint density at radius 1 is 1.11 bits per heavy atom. The van der Waals surface area contributed by atoms with Crippen molar-refractivity contribution in [2.45, 2.75) is 39.2 Å². The van der Waals surface area contributed by atoms with Crippen molar-refractivity contribution in [1.29, 1.82) is 0 Å². The zero-order valence-corrected chi connectivity index (χ0v) is 20.6. The fraction of sp³-hybridized carbons (Fsp3) is 0.320. The van der Waals surface area contributed by atoms with Gasteiger partial charge < -0.3 is 19.3 Å². The molecule has 0 radical (unpaired) electrons. The molecule has 1 amide bonds. The average molecular weight is 477 g/mol. The molecule has 4 aromatic rings. The van der Waals surface area contributed by atoms with Crippen LogP contribution in [0.1, 0.15) is 55.6 Å². The van der Waals surface area contributed by atoms with Crippen molar-refractivity contribution in [3.63, 3.8) is 0 Å². The molecule has 0 aliphatic heterocycles. The third-order valence-corrected chi connectivity index (χ3v) is 5.43. The molecular weight excluding hydrogens is 448 g/mol. The van der Waals surface area contributed by atoms with Crippen molar-refractivity contribution < 1.29 is 18.8 Å². The van der Waals surface area contributed by atoms with Gasteiger partial charge in [0.1, 0.15) is 12.0 Å². The topological polar surface area (TPSA) is 117 Å². The molecule has 0 spiro atoms. The number of nitrogens with zero attached hydrogens (tertiary/aromatic N) is 5. The lowest BCUT2D eigenvalue weighted by Crippen LogP contribution is -2.27.